The molecule has 0 saturated heterocycles. The zero-order valence-corrected chi connectivity index (χ0v) is 8.74. The average Bonchev–Trinajstić information content (AvgIpc) is 0.811. The van der Waals surface area contributed by atoms with Crippen LogP contribution in [0.3, 0.4) is 0 Å². The second-order valence-corrected chi connectivity index (χ2v) is 0.250. The van der Waals surface area contributed by atoms with Gasteiger partial charge in [-0.15, -0.1) is 0 Å². The summed E-state index contributed by atoms with van der Waals surface area (Å²) < 4.78 is 0. The molecule has 3 nitrogen and oxygen atoms in total. The minimum Gasteiger partial charge on any atom is -0.652 e. The molecule has 0 aliphatic heterocycles. The van der Waals surface area contributed by atoms with Crippen LogP contribution >= 0.6 is 0 Å². The van der Waals surface area contributed by atoms with Crippen molar-refractivity contribution in [1.29, 1.82) is 0 Å². The van der Waals surface area contributed by atoms with Gasteiger partial charge in [-0.2, -0.15) is 0 Å². The maximum Gasteiger partial charge on any atom is 2.00 e. The Balaban J connectivity index is -0.0000000450. The van der Waals surface area contributed by atoms with Crippen molar-refractivity contribution < 1.29 is 35.4 Å². The first kappa shape index (κ1) is 15.6. The maximum atomic E-state index is 8.33. The molecule has 0 heterocycles. The van der Waals surface area contributed by atoms with Crippen molar-refractivity contribution in [2.24, 2.45) is 0 Å². The minimum absolute atomic E-state index is 0. The minimum atomic E-state index is -2.33. The third-order valence-corrected chi connectivity index (χ3v) is 0. The number of carbonyl (C=O) groups is 1. The molecule has 34 valence electrons. The van der Waals surface area contributed by atoms with Crippen LogP contribution in [-0.4, -0.2) is 55.0 Å². The Morgan fingerprint density at radius 2 is 1.33 bits per heavy atom. The van der Waals surface area contributed by atoms with Gasteiger partial charge in [-0.3, -0.25) is 0 Å². The van der Waals surface area contributed by atoms with Gasteiger partial charge in [0.05, 0.1) is 0 Å². The third-order valence-electron chi connectivity index (χ3n) is 0. The molecule has 0 saturated carbocycles. The molecular weight excluding hydrogens is 304 g/mol. The Morgan fingerprint density at radius 1 is 1.33 bits per heavy atom. The summed E-state index contributed by atoms with van der Waals surface area (Å²) in [6.45, 7) is 0. The molecule has 0 spiro atoms. The fourth-order valence-electron chi connectivity index (χ4n) is 0. The molecule has 0 aliphatic rings. The van der Waals surface area contributed by atoms with Crippen LogP contribution in [0.25, 0.3) is 0 Å². The standard InChI is InChI=1S/CH2O3.Ba.Pd/c2-1(3)4;;/h(H2,2,3,4);;/q;;+2/p-2. The first-order valence-corrected chi connectivity index (χ1v) is 0.612. The smallest absolute Gasteiger partial charge is 0.652 e. The molecule has 2 radical (unpaired) electrons. The molecule has 0 amide bonds. The van der Waals surface area contributed by atoms with Crippen molar-refractivity contribution in [3.8, 4) is 0 Å². The summed E-state index contributed by atoms with van der Waals surface area (Å²) in [5, 5.41) is 16.7. The Bertz CT molecular complexity index is 33.8. The molecule has 6 heavy (non-hydrogen) atoms. The van der Waals surface area contributed by atoms with Crippen LogP contribution in [0, 0.1) is 0 Å². The summed E-state index contributed by atoms with van der Waals surface area (Å²) in [6.07, 6.45) is -2.33. The molecule has 0 aliphatic carbocycles. The van der Waals surface area contributed by atoms with Gasteiger partial charge in [0.15, 0.2) is 0 Å². The summed E-state index contributed by atoms with van der Waals surface area (Å²) in [5.41, 5.74) is 0. The van der Waals surface area contributed by atoms with Gasteiger partial charge in [-0.05, 0) is 6.16 Å². The fraction of sp³-hybridized carbons (Fsp3) is 0. The molecule has 0 rings (SSSR count). The maximum absolute atomic E-state index is 8.33. The first-order valence-electron chi connectivity index (χ1n) is 0.612. The second kappa shape index (κ2) is 9.71. The van der Waals surface area contributed by atoms with Crippen molar-refractivity contribution in [1.82, 2.24) is 0 Å². The quantitative estimate of drug-likeness (QED) is 0.453. The second-order valence-electron chi connectivity index (χ2n) is 0.250. The molecule has 0 bridgehead atoms. The first-order chi connectivity index (χ1) is 1.73. The predicted molar refractivity (Wildman–Crippen MR) is 11.1 cm³/mol. The van der Waals surface area contributed by atoms with Crippen LogP contribution in [0.2, 0.25) is 0 Å². The summed E-state index contributed by atoms with van der Waals surface area (Å²) in [6, 6.07) is 0. The van der Waals surface area contributed by atoms with E-state index < -0.39 is 6.16 Å². The number of carbonyl (C=O) groups excluding carboxylic acids is 1. The Kier molecular flexibility index (Phi) is 25.3. The van der Waals surface area contributed by atoms with Crippen molar-refractivity contribution in [2.45, 2.75) is 0 Å². The van der Waals surface area contributed by atoms with Crippen LogP contribution in [0.15, 0.2) is 0 Å². The third kappa shape index (κ3) is 49.4. The Morgan fingerprint density at radius 3 is 1.33 bits per heavy atom. The van der Waals surface area contributed by atoms with Crippen LogP contribution < -0.4 is 10.2 Å². The molecule has 0 aromatic carbocycles. The molecule has 5 heteroatoms. The largest absolute Gasteiger partial charge is 2.00 e. The van der Waals surface area contributed by atoms with Gasteiger partial charge in [0.2, 0.25) is 0 Å². The summed E-state index contributed by atoms with van der Waals surface area (Å²) in [5.74, 6) is 0. The predicted octanol–water partition coefficient (Wildman–Crippen LogP) is -2.83. The topological polar surface area (TPSA) is 63.2 Å². The van der Waals surface area contributed by atoms with Crippen LogP contribution in [0.5, 0.6) is 0 Å². The van der Waals surface area contributed by atoms with E-state index in [1.165, 1.54) is 0 Å². The molecule has 0 N–H and O–H groups in total. The van der Waals surface area contributed by atoms with Crippen LogP contribution in [0.1, 0.15) is 0 Å². The van der Waals surface area contributed by atoms with Crippen molar-refractivity contribution in [3.63, 3.8) is 0 Å². The summed E-state index contributed by atoms with van der Waals surface area (Å²) in [7, 11) is 0. The van der Waals surface area contributed by atoms with E-state index in [0.717, 1.165) is 0 Å². The van der Waals surface area contributed by atoms with E-state index in [1.54, 1.807) is 0 Å². The van der Waals surface area contributed by atoms with Gasteiger partial charge >= 0.3 is 20.4 Å². The van der Waals surface area contributed by atoms with Crippen LogP contribution in [0.4, 0.5) is 4.79 Å². The summed E-state index contributed by atoms with van der Waals surface area (Å²) >= 11 is 0. The van der Waals surface area contributed by atoms with Gasteiger partial charge in [-0.25, -0.2) is 0 Å². The monoisotopic (exact) mass is 304 g/mol. The van der Waals surface area contributed by atoms with E-state index in [1.807, 2.05) is 0 Å². The fourth-order valence-corrected chi connectivity index (χ4v) is 0. The summed E-state index contributed by atoms with van der Waals surface area (Å²) in [4.78, 5) is 8.33. The van der Waals surface area contributed by atoms with Crippen molar-refractivity contribution >= 4 is 55.0 Å². The van der Waals surface area contributed by atoms with Gasteiger partial charge in [0, 0.05) is 48.9 Å². The zero-order valence-electron chi connectivity index (χ0n) is 2.75. The SMILES string of the molecule is O=C([O-])[O-].[Ba].[Pd+2]. The van der Waals surface area contributed by atoms with Gasteiger partial charge in [0.1, 0.15) is 0 Å². The molecule has 0 fully saturated rings. The van der Waals surface area contributed by atoms with Crippen molar-refractivity contribution in [3.05, 3.63) is 0 Å². The zero-order chi connectivity index (χ0) is 3.58. The van der Waals surface area contributed by atoms with Gasteiger partial charge < -0.3 is 15.0 Å². The van der Waals surface area contributed by atoms with E-state index in [0.29, 0.717) is 0 Å². The van der Waals surface area contributed by atoms with E-state index in [2.05, 4.69) is 0 Å². The van der Waals surface area contributed by atoms with Crippen molar-refractivity contribution in [2.75, 3.05) is 0 Å². The van der Waals surface area contributed by atoms with E-state index in [-0.39, 0.29) is 69.3 Å². The van der Waals surface area contributed by atoms with Crippen LogP contribution in [-0.2, 0) is 20.4 Å². The average molecular weight is 304 g/mol. The molecular formula is CBaO3Pd. The molecule has 0 aromatic heterocycles. The van der Waals surface area contributed by atoms with Gasteiger partial charge in [-0.1, -0.05) is 0 Å². The van der Waals surface area contributed by atoms with E-state index >= 15 is 0 Å². The Labute approximate surface area is 88.8 Å². The van der Waals surface area contributed by atoms with Gasteiger partial charge in [0.25, 0.3) is 0 Å². The number of hydrogen-bond donors (Lipinski definition) is 0. The van der Waals surface area contributed by atoms with E-state index in [4.69, 9.17) is 15.0 Å². The van der Waals surface area contributed by atoms with E-state index in [9.17, 15) is 0 Å². The molecule has 0 atom stereocenters. The molecule has 0 unspecified atom stereocenters. The Hall–Kier alpha value is 1.50. The normalized spacial score (nSPS) is 4.00. The molecule has 0 aromatic rings. The number of hydrogen-bond acceptors (Lipinski definition) is 3. The number of rotatable bonds is 0. The number of carboxylic acid groups (broad SMARTS) is 2.